The zero-order valence-electron chi connectivity index (χ0n) is 25.1. The van der Waals surface area contributed by atoms with Crippen LogP contribution < -0.4 is 3.27 Å². The number of benzene rings is 5. The fourth-order valence-corrected chi connectivity index (χ4v) is 34.9. The second-order valence-electron chi connectivity index (χ2n) is 12.4. The smallest absolute Gasteiger partial charge is 0.147 e. The first-order valence-corrected chi connectivity index (χ1v) is 31.4. The summed E-state index contributed by atoms with van der Waals surface area (Å²) in [5.41, 5.74) is 8.78. The first-order chi connectivity index (χ1) is 19.8. The normalized spacial score (nSPS) is 15.3. The van der Waals surface area contributed by atoms with Crippen molar-refractivity contribution < 1.29 is 15.7 Å². The van der Waals surface area contributed by atoms with Crippen LogP contribution in [0.1, 0.15) is 37.8 Å². The van der Waals surface area contributed by atoms with Gasteiger partial charge in [0.05, 0.1) is 0 Å². The second kappa shape index (κ2) is 12.2. The molecule has 0 bridgehead atoms. The summed E-state index contributed by atoms with van der Waals surface area (Å²) in [5, 5.41) is 5.38. The molecule has 216 valence electrons. The Bertz CT molecular complexity index is 1950. The van der Waals surface area contributed by atoms with Crippen LogP contribution in [0.15, 0.2) is 145 Å². The van der Waals surface area contributed by atoms with Crippen molar-refractivity contribution in [3.63, 3.8) is 0 Å². The van der Waals surface area contributed by atoms with Crippen LogP contribution in [-0.4, -0.2) is 12.1 Å². The van der Waals surface area contributed by atoms with Gasteiger partial charge in [0.2, 0.25) is 0 Å². The van der Waals surface area contributed by atoms with Crippen LogP contribution in [-0.2, 0) is 15.7 Å². The summed E-state index contributed by atoms with van der Waals surface area (Å²) in [6, 6.07) is 43.0. The van der Waals surface area contributed by atoms with Gasteiger partial charge in [0.15, 0.2) is 0 Å². The molecule has 5 aromatic carbocycles. The van der Waals surface area contributed by atoms with Crippen LogP contribution in [0.5, 0.6) is 0 Å². The minimum absolute atomic E-state index is 0. The van der Waals surface area contributed by atoms with Crippen molar-refractivity contribution in [3.8, 4) is 0 Å². The van der Waals surface area contributed by atoms with Crippen molar-refractivity contribution in [1.29, 1.82) is 0 Å². The van der Waals surface area contributed by atoms with Gasteiger partial charge in [-0.05, 0) is 0 Å². The Morgan fingerprint density at radius 2 is 0.907 bits per heavy atom. The van der Waals surface area contributed by atoms with Crippen molar-refractivity contribution in [2.45, 2.75) is 31.3 Å². The molecule has 0 fully saturated rings. The molecule has 5 aromatic rings. The van der Waals surface area contributed by atoms with Crippen LogP contribution >= 0.6 is 24.8 Å². The van der Waals surface area contributed by atoms with E-state index in [9.17, 15) is 0 Å². The first-order valence-electron chi connectivity index (χ1n) is 14.7. The average molecular weight is 741 g/mol. The number of allylic oxidation sites excluding steroid dienone is 8. The predicted molar refractivity (Wildman–Crippen MR) is 193 cm³/mol. The van der Waals surface area contributed by atoms with Crippen molar-refractivity contribution in [3.05, 3.63) is 156 Å². The Balaban J connectivity index is 0.00000184. The molecule has 0 N–H and O–H groups in total. The maximum atomic E-state index is 2.76. The average Bonchev–Trinajstić information content (AvgIpc) is 3.61. The molecule has 0 aliphatic heterocycles. The van der Waals surface area contributed by atoms with Crippen molar-refractivity contribution in [2.24, 2.45) is 0 Å². The monoisotopic (exact) mass is 740 g/mol. The van der Waals surface area contributed by atoms with E-state index in [1.807, 2.05) is 0 Å². The van der Waals surface area contributed by atoms with E-state index in [-0.39, 0.29) is 24.8 Å². The third-order valence-corrected chi connectivity index (χ3v) is 41.1. The second-order valence-corrected chi connectivity index (χ2v) is 48.6. The van der Waals surface area contributed by atoms with Gasteiger partial charge in [-0.3, -0.25) is 0 Å². The Labute approximate surface area is 273 Å². The molecule has 0 saturated heterocycles. The number of hydrogen-bond acceptors (Lipinski definition) is 0. The van der Waals surface area contributed by atoms with Crippen LogP contribution in [0.4, 0.5) is 0 Å². The van der Waals surface area contributed by atoms with Crippen molar-refractivity contribution in [2.75, 3.05) is 0 Å². The van der Waals surface area contributed by atoms with Gasteiger partial charge in [-0.1, -0.05) is 0 Å². The number of halogens is 2. The van der Waals surface area contributed by atoms with E-state index in [0.717, 1.165) is 12.8 Å². The summed E-state index contributed by atoms with van der Waals surface area (Å²) in [4.78, 5) is 0. The van der Waals surface area contributed by atoms with E-state index in [0.29, 0.717) is 0 Å². The van der Waals surface area contributed by atoms with E-state index in [4.69, 9.17) is 0 Å². The van der Waals surface area contributed by atoms with Gasteiger partial charge in [-0.15, -0.1) is 24.8 Å². The number of fused-ring (bicyclic) bond motifs is 2. The summed E-state index contributed by atoms with van der Waals surface area (Å²) < 4.78 is 7.91. The summed E-state index contributed by atoms with van der Waals surface area (Å²) in [6.45, 7) is 4.79. The quantitative estimate of drug-likeness (QED) is 0.157. The molecule has 0 saturated carbocycles. The fraction of sp³-hybridized carbons (Fsp3) is 0.128. The third kappa shape index (κ3) is 5.21. The standard InChI is InChI=1S/2C16H13.C6H5.CH3.2ClH.GeH2.Zr/c2*1-12-9-10-14(11-12)16-8-4-6-13-5-2-3-7-15(13)16;1-2-4-6-5-3-1;;;;;/h2*2-8,11H,10H2,1H3;1-5H;1H3;2*1H;1H2;. The minimum Gasteiger partial charge on any atom is -0.147 e. The van der Waals surface area contributed by atoms with Gasteiger partial charge in [-0.2, -0.15) is 0 Å². The van der Waals surface area contributed by atoms with E-state index >= 15 is 0 Å². The van der Waals surface area contributed by atoms with Crippen LogP contribution in [0.25, 0.3) is 32.7 Å². The van der Waals surface area contributed by atoms with Crippen LogP contribution in [0, 0.1) is 0 Å². The van der Waals surface area contributed by atoms with Gasteiger partial charge in [-0.25, -0.2) is 0 Å². The molecular formula is C39H38Cl2GeZr. The summed E-state index contributed by atoms with van der Waals surface area (Å²) in [6.07, 6.45) is 7.18. The maximum Gasteiger partial charge on any atom is -0.147 e. The molecule has 0 heterocycles. The predicted octanol–water partition coefficient (Wildman–Crippen LogP) is 10.3. The van der Waals surface area contributed by atoms with Crippen LogP contribution in [0.2, 0.25) is 4.63 Å². The van der Waals surface area contributed by atoms with Gasteiger partial charge in [0.1, 0.15) is 0 Å². The molecule has 7 rings (SSSR count). The molecule has 0 atom stereocenters. The Morgan fingerprint density at radius 1 is 0.512 bits per heavy atom. The Hall–Kier alpha value is -2.41. The van der Waals surface area contributed by atoms with Gasteiger partial charge in [0.25, 0.3) is 0 Å². The van der Waals surface area contributed by atoms with E-state index in [2.05, 4.69) is 146 Å². The topological polar surface area (TPSA) is 0 Å². The zero-order chi connectivity index (χ0) is 28.2. The van der Waals surface area contributed by atoms with E-state index in [1.165, 1.54) is 67.1 Å². The van der Waals surface area contributed by atoms with Crippen molar-refractivity contribution in [1.82, 2.24) is 0 Å². The summed E-state index contributed by atoms with van der Waals surface area (Å²) in [7, 11) is 0. The SMILES string of the molecule is CC1=[C]([Zr]([CH3])(=[GeH2])([C]2=C(C)C=C(c3cccc4ccccc34)C2)[c]2ccccc2)CC(c2cccc3ccccc23)=C1.Cl.Cl. The van der Waals surface area contributed by atoms with Crippen LogP contribution in [0.3, 0.4) is 0 Å². The molecule has 43 heavy (non-hydrogen) atoms. The number of rotatable bonds is 5. The molecule has 0 nitrogen and oxygen atoms in total. The fourth-order valence-electron chi connectivity index (χ4n) is 7.78. The minimum atomic E-state index is -3.84. The first kappa shape index (κ1) is 32.0. The largest absolute Gasteiger partial charge is 0.147 e. The van der Waals surface area contributed by atoms with Gasteiger partial charge >= 0.3 is 251 Å². The van der Waals surface area contributed by atoms with Gasteiger partial charge < -0.3 is 0 Å². The Kier molecular flexibility index (Phi) is 9.06. The maximum absolute atomic E-state index is 3.84. The van der Waals surface area contributed by atoms with Crippen molar-refractivity contribution >= 4 is 72.9 Å². The van der Waals surface area contributed by atoms with E-state index in [1.54, 1.807) is 9.83 Å². The molecule has 0 radical (unpaired) electrons. The zero-order valence-corrected chi connectivity index (χ0v) is 32.1. The van der Waals surface area contributed by atoms with Gasteiger partial charge in [0, 0.05) is 0 Å². The summed E-state index contributed by atoms with van der Waals surface area (Å²) in [5.74, 6) is 0. The molecule has 2 aliphatic rings. The third-order valence-electron chi connectivity index (χ3n) is 9.93. The summed E-state index contributed by atoms with van der Waals surface area (Å²) >= 11 is -2.51. The van der Waals surface area contributed by atoms with E-state index < -0.39 is 15.7 Å². The molecular weight excluding hydrogens is 703 g/mol. The molecule has 4 heteroatoms. The number of hydrogen-bond donors (Lipinski definition) is 0. The molecule has 0 amide bonds. The molecule has 2 aliphatic carbocycles. The molecule has 0 unspecified atom stereocenters. The Morgan fingerprint density at radius 3 is 1.37 bits per heavy atom. The molecule has 0 spiro atoms. The molecule has 0 aromatic heterocycles.